The average molecular weight is 97.1 g/mol. The minimum atomic E-state index is -0.981. The van der Waals surface area contributed by atoms with E-state index in [9.17, 15) is 5.11 Å². The number of hydrogen-bond donors (Lipinski definition) is 0. The summed E-state index contributed by atoms with van der Waals surface area (Å²) in [6, 6.07) is 0. The molecule has 0 saturated carbocycles. The molecule has 1 radical (unpaired) electrons. The summed E-state index contributed by atoms with van der Waals surface area (Å²) in [5.74, 6) is 0. The van der Waals surface area contributed by atoms with Gasteiger partial charge in [0.25, 0.3) is 0 Å². The van der Waals surface area contributed by atoms with Crippen molar-refractivity contribution >= 4 is 0 Å². The normalized spacial score (nSPS) is 27.3. The highest BCUT2D eigenvalue weighted by atomic mass is 16.6. The summed E-state index contributed by atoms with van der Waals surface area (Å²) < 4.78 is 4.45. The highest BCUT2D eigenvalue weighted by Gasteiger charge is 1.97. The van der Waals surface area contributed by atoms with E-state index in [-0.39, 0.29) is 0 Å². The molecule has 0 aromatic rings. The second-order valence-corrected chi connectivity index (χ2v) is 1.22. The van der Waals surface area contributed by atoms with E-state index in [2.05, 4.69) is 4.74 Å². The van der Waals surface area contributed by atoms with Crippen LogP contribution in [0.4, 0.5) is 0 Å². The van der Waals surface area contributed by atoms with Gasteiger partial charge < -0.3 is 4.74 Å². The Kier molecular flexibility index (Phi) is 1.13. The second kappa shape index (κ2) is 1.80. The first-order chi connectivity index (χ1) is 3.39. The molecule has 0 spiro atoms. The maximum atomic E-state index is 10.2. The Labute approximate surface area is 41.7 Å². The van der Waals surface area contributed by atoms with Crippen molar-refractivity contribution in [3.05, 3.63) is 24.5 Å². The molecule has 2 nitrogen and oxygen atoms in total. The molecule has 0 bridgehead atoms. The Hall–Kier alpha value is -0.760. The van der Waals surface area contributed by atoms with Crippen molar-refractivity contribution in [2.24, 2.45) is 0 Å². The first-order valence-electron chi connectivity index (χ1n) is 2.04. The van der Waals surface area contributed by atoms with Gasteiger partial charge in [0.05, 0.1) is 6.26 Å². The third-order valence-corrected chi connectivity index (χ3v) is 0.671. The maximum Gasteiger partial charge on any atom is 0.249 e. The van der Waals surface area contributed by atoms with Crippen molar-refractivity contribution in [2.45, 2.75) is 6.29 Å². The van der Waals surface area contributed by atoms with E-state index in [0.29, 0.717) is 0 Å². The standard InChI is InChI=1S/C5H5O2/c6-5-3-1-2-4-7-5/h1-5H/t5-/m1/s1. The highest BCUT2D eigenvalue weighted by molar-refractivity contribution is 5.04. The van der Waals surface area contributed by atoms with Crippen LogP contribution in [0.2, 0.25) is 0 Å². The zero-order valence-electron chi connectivity index (χ0n) is 3.70. The fourth-order valence-electron chi connectivity index (χ4n) is 0.368. The molecule has 7 heavy (non-hydrogen) atoms. The first kappa shape index (κ1) is 4.40. The smallest absolute Gasteiger partial charge is 0.249 e. The zero-order chi connectivity index (χ0) is 5.11. The Morgan fingerprint density at radius 1 is 1.43 bits per heavy atom. The van der Waals surface area contributed by atoms with Crippen LogP contribution in [0.1, 0.15) is 0 Å². The van der Waals surface area contributed by atoms with E-state index in [1.54, 1.807) is 12.2 Å². The Morgan fingerprint density at radius 2 is 2.29 bits per heavy atom. The van der Waals surface area contributed by atoms with E-state index < -0.39 is 6.29 Å². The van der Waals surface area contributed by atoms with Crippen molar-refractivity contribution < 1.29 is 9.84 Å². The lowest BCUT2D eigenvalue weighted by Crippen LogP contribution is -2.02. The van der Waals surface area contributed by atoms with Crippen LogP contribution >= 0.6 is 0 Å². The average Bonchev–Trinajstić information content (AvgIpc) is 1.69. The summed E-state index contributed by atoms with van der Waals surface area (Å²) in [5.41, 5.74) is 0. The van der Waals surface area contributed by atoms with Crippen LogP contribution < -0.4 is 0 Å². The van der Waals surface area contributed by atoms with Gasteiger partial charge in [0.2, 0.25) is 6.29 Å². The summed E-state index contributed by atoms with van der Waals surface area (Å²) in [5, 5.41) is 10.2. The summed E-state index contributed by atoms with van der Waals surface area (Å²) >= 11 is 0. The van der Waals surface area contributed by atoms with Gasteiger partial charge in [0, 0.05) is 0 Å². The van der Waals surface area contributed by atoms with Crippen LogP contribution in [-0.2, 0) is 9.84 Å². The van der Waals surface area contributed by atoms with Gasteiger partial charge in [-0.15, -0.1) is 0 Å². The monoisotopic (exact) mass is 97.0 g/mol. The lowest BCUT2D eigenvalue weighted by atomic mass is 10.4. The van der Waals surface area contributed by atoms with Crippen molar-refractivity contribution in [3.8, 4) is 0 Å². The van der Waals surface area contributed by atoms with E-state index >= 15 is 0 Å². The minimum Gasteiger partial charge on any atom is -0.466 e. The molecule has 1 aliphatic rings. The highest BCUT2D eigenvalue weighted by Crippen LogP contribution is 1.96. The minimum absolute atomic E-state index is 0.981. The first-order valence-corrected chi connectivity index (χ1v) is 2.04. The van der Waals surface area contributed by atoms with Gasteiger partial charge in [-0.3, -0.25) is 0 Å². The lowest BCUT2D eigenvalue weighted by molar-refractivity contribution is -0.0641. The third kappa shape index (κ3) is 1.05. The van der Waals surface area contributed by atoms with Crippen LogP contribution in [0.5, 0.6) is 0 Å². The summed E-state index contributed by atoms with van der Waals surface area (Å²) in [6.45, 7) is 0. The molecule has 0 fully saturated rings. The van der Waals surface area contributed by atoms with Crippen LogP contribution in [0, 0.1) is 0 Å². The van der Waals surface area contributed by atoms with E-state index in [0.717, 1.165) is 0 Å². The molecule has 1 aliphatic heterocycles. The number of ether oxygens (including phenoxy) is 1. The number of hydrogen-bond acceptors (Lipinski definition) is 1. The molecule has 1 atom stereocenters. The number of allylic oxidation sites excluding steroid dienone is 2. The molecule has 0 N–H and O–H groups in total. The Morgan fingerprint density at radius 3 is 2.57 bits per heavy atom. The number of rotatable bonds is 0. The summed E-state index contributed by atoms with van der Waals surface area (Å²) in [7, 11) is 0. The van der Waals surface area contributed by atoms with Gasteiger partial charge >= 0.3 is 0 Å². The van der Waals surface area contributed by atoms with Gasteiger partial charge in [-0.05, 0) is 12.2 Å². The van der Waals surface area contributed by atoms with E-state index in [1.165, 1.54) is 12.3 Å². The van der Waals surface area contributed by atoms with Crippen molar-refractivity contribution in [2.75, 3.05) is 0 Å². The molecule has 2 heteroatoms. The van der Waals surface area contributed by atoms with Gasteiger partial charge in [-0.1, -0.05) is 6.08 Å². The lowest BCUT2D eigenvalue weighted by Gasteiger charge is -2.02. The second-order valence-electron chi connectivity index (χ2n) is 1.22. The Bertz CT molecular complexity index is 105. The summed E-state index contributed by atoms with van der Waals surface area (Å²) in [6.07, 6.45) is 5.19. The van der Waals surface area contributed by atoms with E-state index in [4.69, 9.17) is 0 Å². The molecular weight excluding hydrogens is 92.1 g/mol. The van der Waals surface area contributed by atoms with Crippen LogP contribution in [-0.4, -0.2) is 6.29 Å². The Balaban J connectivity index is 2.49. The molecule has 0 amide bonds. The maximum absolute atomic E-state index is 10.2. The van der Waals surface area contributed by atoms with Crippen molar-refractivity contribution in [1.29, 1.82) is 0 Å². The van der Waals surface area contributed by atoms with Crippen LogP contribution in [0.15, 0.2) is 24.5 Å². The SMILES string of the molecule is [O][C@H]1C=CC=CO1. The van der Waals surface area contributed by atoms with Crippen molar-refractivity contribution in [3.63, 3.8) is 0 Å². The largest absolute Gasteiger partial charge is 0.466 e. The molecule has 1 rings (SSSR count). The molecule has 0 saturated heterocycles. The topological polar surface area (TPSA) is 29.1 Å². The van der Waals surface area contributed by atoms with Gasteiger partial charge in [0.1, 0.15) is 0 Å². The van der Waals surface area contributed by atoms with Crippen LogP contribution in [0.3, 0.4) is 0 Å². The van der Waals surface area contributed by atoms with Gasteiger partial charge in [0.15, 0.2) is 0 Å². The molecule has 1 heterocycles. The summed E-state index contributed by atoms with van der Waals surface area (Å²) in [4.78, 5) is 0. The quantitative estimate of drug-likeness (QED) is 0.440. The molecule has 37 valence electrons. The predicted octanol–water partition coefficient (Wildman–Crippen LogP) is 0.843. The fraction of sp³-hybridized carbons (Fsp3) is 0.200. The molecule has 0 aliphatic carbocycles. The molecule has 0 aromatic heterocycles. The molecule has 0 unspecified atom stereocenters. The zero-order valence-corrected chi connectivity index (χ0v) is 3.70. The van der Waals surface area contributed by atoms with Gasteiger partial charge in [-0.2, -0.15) is 5.11 Å². The van der Waals surface area contributed by atoms with Crippen LogP contribution in [0.25, 0.3) is 0 Å². The fourth-order valence-corrected chi connectivity index (χ4v) is 0.368. The van der Waals surface area contributed by atoms with Gasteiger partial charge in [-0.25, -0.2) is 0 Å². The van der Waals surface area contributed by atoms with E-state index in [1.807, 2.05) is 0 Å². The third-order valence-electron chi connectivity index (χ3n) is 0.671. The molecular formula is C5H5O2. The molecule has 0 aromatic carbocycles. The van der Waals surface area contributed by atoms with Crippen molar-refractivity contribution in [1.82, 2.24) is 0 Å². The predicted molar refractivity (Wildman–Crippen MR) is 23.8 cm³/mol.